The van der Waals surface area contributed by atoms with E-state index in [9.17, 15) is 14.9 Å². The Kier molecular flexibility index (Phi) is 7.07. The van der Waals surface area contributed by atoms with Gasteiger partial charge in [0.25, 0.3) is 5.91 Å². The first-order chi connectivity index (χ1) is 14.8. The molecule has 2 heterocycles. The molecule has 2 aromatic heterocycles. The number of hydrogen-bond acceptors (Lipinski definition) is 7. The Morgan fingerprint density at radius 2 is 2.10 bits per heavy atom. The molecule has 31 heavy (non-hydrogen) atoms. The number of esters is 1. The molecule has 0 saturated heterocycles. The van der Waals surface area contributed by atoms with Crippen molar-refractivity contribution in [2.24, 2.45) is 0 Å². The minimum atomic E-state index is -0.567. The molecular formula is C21H16ClN3O4S2. The van der Waals surface area contributed by atoms with Crippen LogP contribution in [0, 0.1) is 18.3 Å². The van der Waals surface area contributed by atoms with Crippen molar-refractivity contribution in [1.29, 1.82) is 5.26 Å². The van der Waals surface area contributed by atoms with Gasteiger partial charge in [0.1, 0.15) is 21.7 Å². The number of nitrogens with one attached hydrogen (secondary N) is 2. The van der Waals surface area contributed by atoms with Crippen LogP contribution in [0.15, 0.2) is 40.8 Å². The summed E-state index contributed by atoms with van der Waals surface area (Å²) in [6, 6.07) is 12.2. The fraction of sp³-hybridized carbons (Fsp3) is 0.143. The number of nitrogens with zero attached hydrogens (tertiary/aromatic N) is 1. The lowest BCUT2D eigenvalue weighted by atomic mass is 10.2. The number of carbonyl (C=O) groups is 2. The van der Waals surface area contributed by atoms with Crippen molar-refractivity contribution < 1.29 is 18.7 Å². The SMILES string of the molecule is CCOC(=O)c1sc(NC(=S)NC(=O)c2ccc(-c3cccc(Cl)c3)o2)c(C#N)c1C. The van der Waals surface area contributed by atoms with Gasteiger partial charge < -0.3 is 14.5 Å². The fourth-order valence-corrected chi connectivity index (χ4v) is 4.19. The molecule has 10 heteroatoms. The molecule has 0 atom stereocenters. The minimum absolute atomic E-state index is 0.0427. The average molecular weight is 474 g/mol. The highest BCUT2D eigenvalue weighted by atomic mass is 35.5. The van der Waals surface area contributed by atoms with Gasteiger partial charge >= 0.3 is 5.97 Å². The number of benzene rings is 1. The Hall–Kier alpha value is -3.19. The van der Waals surface area contributed by atoms with Crippen LogP contribution in [0.2, 0.25) is 5.02 Å². The van der Waals surface area contributed by atoms with E-state index in [1.165, 1.54) is 6.07 Å². The molecule has 0 aliphatic heterocycles. The molecule has 3 rings (SSSR count). The first-order valence-corrected chi connectivity index (χ1v) is 10.6. The monoisotopic (exact) mass is 473 g/mol. The van der Waals surface area contributed by atoms with Crippen molar-refractivity contribution >= 4 is 57.1 Å². The van der Waals surface area contributed by atoms with Gasteiger partial charge in [0.15, 0.2) is 10.9 Å². The van der Waals surface area contributed by atoms with Crippen molar-refractivity contribution in [1.82, 2.24) is 5.32 Å². The third-order valence-electron chi connectivity index (χ3n) is 4.11. The molecule has 0 aliphatic carbocycles. The van der Waals surface area contributed by atoms with Gasteiger partial charge in [-0.15, -0.1) is 11.3 Å². The van der Waals surface area contributed by atoms with Crippen molar-refractivity contribution in [2.75, 3.05) is 11.9 Å². The van der Waals surface area contributed by atoms with Crippen molar-refractivity contribution in [3.8, 4) is 17.4 Å². The number of anilines is 1. The minimum Gasteiger partial charge on any atom is -0.462 e. The van der Waals surface area contributed by atoms with Crippen LogP contribution in [0.3, 0.4) is 0 Å². The van der Waals surface area contributed by atoms with E-state index >= 15 is 0 Å². The van der Waals surface area contributed by atoms with Crippen LogP contribution < -0.4 is 10.6 Å². The number of nitriles is 1. The van der Waals surface area contributed by atoms with E-state index in [0.29, 0.717) is 26.2 Å². The van der Waals surface area contributed by atoms with Gasteiger partial charge in [-0.05, 0) is 55.9 Å². The van der Waals surface area contributed by atoms with E-state index < -0.39 is 11.9 Å². The van der Waals surface area contributed by atoms with Crippen LogP contribution in [0.5, 0.6) is 0 Å². The molecule has 0 aliphatic rings. The summed E-state index contributed by atoms with van der Waals surface area (Å²) in [5.74, 6) is -0.558. The number of ether oxygens (including phenoxy) is 1. The molecule has 7 nitrogen and oxygen atoms in total. The Labute approximate surface area is 192 Å². The van der Waals surface area contributed by atoms with E-state index in [2.05, 4.69) is 10.6 Å². The van der Waals surface area contributed by atoms with Crippen molar-refractivity contribution in [3.63, 3.8) is 0 Å². The summed E-state index contributed by atoms with van der Waals surface area (Å²) in [5.41, 5.74) is 1.47. The maximum Gasteiger partial charge on any atom is 0.348 e. The van der Waals surface area contributed by atoms with Gasteiger partial charge in [0.2, 0.25) is 0 Å². The number of furan rings is 1. The van der Waals surface area contributed by atoms with Gasteiger partial charge in [-0.3, -0.25) is 10.1 Å². The molecule has 3 aromatic rings. The Morgan fingerprint density at radius 1 is 1.32 bits per heavy atom. The highest BCUT2D eigenvalue weighted by Gasteiger charge is 2.22. The first-order valence-electron chi connectivity index (χ1n) is 9.02. The third-order valence-corrected chi connectivity index (χ3v) is 5.74. The van der Waals surface area contributed by atoms with Crippen LogP contribution in [0.25, 0.3) is 11.3 Å². The summed E-state index contributed by atoms with van der Waals surface area (Å²) in [4.78, 5) is 24.8. The summed E-state index contributed by atoms with van der Waals surface area (Å²) in [5, 5.41) is 15.6. The molecule has 0 unspecified atom stereocenters. The second-order valence-electron chi connectivity index (χ2n) is 6.18. The molecule has 0 spiro atoms. The topological polar surface area (TPSA) is 104 Å². The van der Waals surface area contributed by atoms with Gasteiger partial charge in [0, 0.05) is 10.6 Å². The standard InChI is InChI=1S/C21H16ClN3O4S2/c1-3-28-20(27)17-11(2)14(10-23)19(31-17)25-21(30)24-18(26)16-8-7-15(29-16)12-5-4-6-13(22)9-12/h4-9H,3H2,1-2H3,(H2,24,25,26,30). The number of rotatable bonds is 5. The first kappa shape index (κ1) is 22.5. The van der Waals surface area contributed by atoms with E-state index in [4.69, 9.17) is 33.0 Å². The van der Waals surface area contributed by atoms with Gasteiger partial charge in [0.05, 0.1) is 12.2 Å². The number of amides is 1. The summed E-state index contributed by atoms with van der Waals surface area (Å²) in [7, 11) is 0. The summed E-state index contributed by atoms with van der Waals surface area (Å²) in [6.07, 6.45) is 0. The van der Waals surface area contributed by atoms with Gasteiger partial charge in [-0.2, -0.15) is 5.26 Å². The normalized spacial score (nSPS) is 10.3. The summed E-state index contributed by atoms with van der Waals surface area (Å²) >= 11 is 12.2. The molecule has 2 N–H and O–H groups in total. The zero-order valence-corrected chi connectivity index (χ0v) is 18.8. The number of carbonyl (C=O) groups excluding carboxylic acids is 2. The Morgan fingerprint density at radius 3 is 2.77 bits per heavy atom. The Balaban J connectivity index is 1.72. The zero-order chi connectivity index (χ0) is 22.5. The van der Waals surface area contributed by atoms with Crippen molar-refractivity contribution in [2.45, 2.75) is 13.8 Å². The second kappa shape index (κ2) is 9.75. The van der Waals surface area contributed by atoms with Crippen LogP contribution in [0.1, 0.15) is 38.3 Å². The molecule has 0 saturated carbocycles. The predicted molar refractivity (Wildman–Crippen MR) is 123 cm³/mol. The summed E-state index contributed by atoms with van der Waals surface area (Å²) in [6.45, 7) is 3.56. The molecular weight excluding hydrogens is 458 g/mol. The molecule has 1 amide bonds. The lowest BCUT2D eigenvalue weighted by Crippen LogP contribution is -2.33. The van der Waals surface area contributed by atoms with Crippen LogP contribution in [-0.2, 0) is 4.74 Å². The van der Waals surface area contributed by atoms with E-state index in [1.807, 2.05) is 12.1 Å². The number of thiophene rings is 1. The molecule has 0 radical (unpaired) electrons. The Bertz CT molecular complexity index is 1210. The number of thiocarbonyl (C=S) groups is 1. The largest absolute Gasteiger partial charge is 0.462 e. The average Bonchev–Trinajstić information content (AvgIpc) is 3.33. The molecule has 0 bridgehead atoms. The highest BCUT2D eigenvalue weighted by Crippen LogP contribution is 2.33. The van der Waals surface area contributed by atoms with E-state index in [0.717, 1.165) is 16.9 Å². The smallest absolute Gasteiger partial charge is 0.348 e. The lowest BCUT2D eigenvalue weighted by Gasteiger charge is -2.07. The van der Waals surface area contributed by atoms with Gasteiger partial charge in [-0.25, -0.2) is 4.79 Å². The molecule has 1 aromatic carbocycles. The number of halogens is 1. The highest BCUT2D eigenvalue weighted by molar-refractivity contribution is 7.80. The fourth-order valence-electron chi connectivity index (χ4n) is 2.68. The lowest BCUT2D eigenvalue weighted by molar-refractivity contribution is 0.0531. The predicted octanol–water partition coefficient (Wildman–Crippen LogP) is 5.15. The molecule has 0 fully saturated rings. The van der Waals surface area contributed by atoms with Crippen LogP contribution >= 0.6 is 35.2 Å². The van der Waals surface area contributed by atoms with Crippen LogP contribution in [0.4, 0.5) is 5.00 Å². The maximum absolute atomic E-state index is 12.5. The van der Waals surface area contributed by atoms with E-state index in [-0.39, 0.29) is 23.0 Å². The quantitative estimate of drug-likeness (QED) is 0.390. The summed E-state index contributed by atoms with van der Waals surface area (Å²) < 4.78 is 10.6. The van der Waals surface area contributed by atoms with Crippen LogP contribution in [-0.4, -0.2) is 23.6 Å². The second-order valence-corrected chi connectivity index (χ2v) is 8.04. The zero-order valence-electron chi connectivity index (χ0n) is 16.4. The van der Waals surface area contributed by atoms with E-state index in [1.54, 1.807) is 38.1 Å². The van der Waals surface area contributed by atoms with Crippen molar-refractivity contribution in [3.05, 3.63) is 63.2 Å². The molecule has 158 valence electrons. The third kappa shape index (κ3) is 5.11. The van der Waals surface area contributed by atoms with Gasteiger partial charge in [-0.1, -0.05) is 23.7 Å². The number of hydrogen-bond donors (Lipinski definition) is 2. The maximum atomic E-state index is 12.5.